The summed E-state index contributed by atoms with van der Waals surface area (Å²) in [4.78, 5) is 0. The Morgan fingerprint density at radius 1 is 1.08 bits per heavy atom. The highest BCUT2D eigenvalue weighted by Gasteiger charge is 2.29. The van der Waals surface area contributed by atoms with Gasteiger partial charge in [-0.2, -0.15) is 0 Å². The first-order valence-corrected chi connectivity index (χ1v) is 8.31. The van der Waals surface area contributed by atoms with Gasteiger partial charge in [0.2, 0.25) is 0 Å². The van der Waals surface area contributed by atoms with E-state index in [-0.39, 0.29) is 12.1 Å². The van der Waals surface area contributed by atoms with E-state index in [1.54, 1.807) is 6.07 Å². The molecule has 4 N–H and O–H groups in total. The van der Waals surface area contributed by atoms with E-state index in [9.17, 15) is 5.11 Å². The van der Waals surface area contributed by atoms with Crippen LogP contribution in [-0.4, -0.2) is 25.4 Å². The van der Waals surface area contributed by atoms with Gasteiger partial charge in [-0.25, -0.2) is 0 Å². The van der Waals surface area contributed by atoms with Crippen LogP contribution in [0.1, 0.15) is 35.6 Å². The first-order chi connectivity index (χ1) is 11.4. The summed E-state index contributed by atoms with van der Waals surface area (Å²) in [5.74, 6) is 1.15. The molecule has 0 aromatic heterocycles. The Morgan fingerprint density at radius 3 is 2.25 bits per heavy atom. The molecule has 4 nitrogen and oxygen atoms in total. The monoisotopic (exact) mass is 328 g/mol. The fourth-order valence-electron chi connectivity index (χ4n) is 3.07. The topological polar surface area (TPSA) is 67.5 Å². The van der Waals surface area contributed by atoms with E-state index in [0.717, 1.165) is 29.8 Å². The Hall–Kier alpha value is -2.04. The summed E-state index contributed by atoms with van der Waals surface area (Å²) < 4.78 is 5.46. The maximum absolute atomic E-state index is 9.85. The van der Waals surface area contributed by atoms with Crippen LogP contribution in [-0.2, 0) is 5.41 Å². The number of aryl methyl sites for hydroxylation is 2. The first-order valence-electron chi connectivity index (χ1n) is 8.31. The number of phenols is 1. The Labute approximate surface area is 144 Å². The summed E-state index contributed by atoms with van der Waals surface area (Å²) in [5.41, 5.74) is 9.71. The minimum atomic E-state index is -0.159. The average Bonchev–Trinajstić information content (AvgIpc) is 2.57. The third-order valence-corrected chi connectivity index (χ3v) is 4.76. The van der Waals surface area contributed by atoms with E-state index in [2.05, 4.69) is 30.4 Å². The molecule has 130 valence electrons. The van der Waals surface area contributed by atoms with Crippen LogP contribution in [0.25, 0.3) is 0 Å². The first kappa shape index (κ1) is 18.3. The molecule has 2 aromatic rings. The summed E-state index contributed by atoms with van der Waals surface area (Å²) in [5, 5.41) is 13.1. The molecular formula is C20H28N2O2. The average molecular weight is 328 g/mol. The molecule has 0 aliphatic heterocycles. The smallest absolute Gasteiger partial charge is 0.137 e. The predicted molar refractivity (Wildman–Crippen MR) is 98.7 cm³/mol. The van der Waals surface area contributed by atoms with E-state index in [1.807, 2.05) is 33.0 Å². The van der Waals surface area contributed by atoms with Crippen molar-refractivity contribution < 1.29 is 9.84 Å². The third kappa shape index (κ3) is 3.71. The number of benzene rings is 2. The fraction of sp³-hybridized carbons (Fsp3) is 0.400. The molecule has 0 aliphatic rings. The summed E-state index contributed by atoms with van der Waals surface area (Å²) in [7, 11) is 1.96. The minimum Gasteiger partial charge on any atom is -0.508 e. The second-order valence-corrected chi connectivity index (χ2v) is 6.48. The zero-order valence-electron chi connectivity index (χ0n) is 15.0. The normalized spacial score (nSPS) is 13.5. The van der Waals surface area contributed by atoms with Crippen molar-refractivity contribution in [3.05, 3.63) is 58.7 Å². The van der Waals surface area contributed by atoms with Crippen molar-refractivity contribution in [2.75, 3.05) is 20.3 Å². The molecule has 0 spiro atoms. The summed E-state index contributed by atoms with van der Waals surface area (Å²) in [6, 6.07) is 12.1. The van der Waals surface area contributed by atoms with Crippen molar-refractivity contribution >= 4 is 0 Å². The van der Waals surface area contributed by atoms with Crippen molar-refractivity contribution in [1.29, 1.82) is 0 Å². The zero-order chi connectivity index (χ0) is 17.7. The summed E-state index contributed by atoms with van der Waals surface area (Å²) >= 11 is 0. The van der Waals surface area contributed by atoms with Crippen molar-refractivity contribution in [3.8, 4) is 11.5 Å². The number of phenolic OH excluding ortho intramolecular Hbond substituents is 1. The number of ether oxygens (including phenoxy) is 1. The molecule has 4 heteroatoms. The molecule has 0 radical (unpaired) electrons. The number of nitrogens with one attached hydrogen (secondary N) is 1. The molecule has 1 unspecified atom stereocenters. The lowest BCUT2D eigenvalue weighted by Gasteiger charge is -2.32. The zero-order valence-corrected chi connectivity index (χ0v) is 15.0. The lowest BCUT2D eigenvalue weighted by molar-refractivity contribution is 0.327. The second kappa shape index (κ2) is 7.69. The van der Waals surface area contributed by atoms with Crippen LogP contribution in [0.5, 0.6) is 11.5 Å². The fourth-order valence-corrected chi connectivity index (χ4v) is 3.07. The molecule has 0 heterocycles. The Morgan fingerprint density at radius 2 is 1.71 bits per heavy atom. The van der Waals surface area contributed by atoms with Gasteiger partial charge in [0.25, 0.3) is 0 Å². The Kier molecular flexibility index (Phi) is 5.86. The van der Waals surface area contributed by atoms with Crippen molar-refractivity contribution in [3.63, 3.8) is 0 Å². The van der Waals surface area contributed by atoms with Gasteiger partial charge >= 0.3 is 0 Å². The number of rotatable bonds is 7. The van der Waals surface area contributed by atoms with Crippen LogP contribution >= 0.6 is 0 Å². The number of nitrogens with two attached hydrogens (primary N) is 1. The quantitative estimate of drug-likeness (QED) is 0.683. The lowest BCUT2D eigenvalue weighted by Crippen LogP contribution is -2.28. The maximum atomic E-state index is 9.85. The van der Waals surface area contributed by atoms with Gasteiger partial charge in [0.1, 0.15) is 18.2 Å². The van der Waals surface area contributed by atoms with Gasteiger partial charge in [-0.3, -0.25) is 5.73 Å². The van der Waals surface area contributed by atoms with Crippen LogP contribution in [0, 0.1) is 13.8 Å². The standard InChI is InChI=1S/C20H28N2O2/c1-14-11-16(5-7-18(14)23)20(3,9-10-22-4)17-6-8-19(24-13-21)15(2)12-17/h5-8,11-12,22-23H,9-10,13,21H2,1-4H3. The van der Waals surface area contributed by atoms with Crippen LogP contribution in [0.2, 0.25) is 0 Å². The van der Waals surface area contributed by atoms with Crippen LogP contribution in [0.3, 0.4) is 0 Å². The van der Waals surface area contributed by atoms with Crippen LogP contribution < -0.4 is 15.8 Å². The second-order valence-electron chi connectivity index (χ2n) is 6.48. The lowest BCUT2D eigenvalue weighted by atomic mass is 9.73. The van der Waals surface area contributed by atoms with E-state index in [1.165, 1.54) is 11.1 Å². The molecular weight excluding hydrogens is 300 g/mol. The molecule has 2 rings (SSSR count). The molecule has 0 saturated carbocycles. The minimum absolute atomic E-state index is 0.159. The molecule has 0 aliphatic carbocycles. The van der Waals surface area contributed by atoms with E-state index in [0.29, 0.717) is 5.75 Å². The molecule has 0 saturated heterocycles. The largest absolute Gasteiger partial charge is 0.508 e. The van der Waals surface area contributed by atoms with E-state index >= 15 is 0 Å². The highest BCUT2D eigenvalue weighted by atomic mass is 16.5. The van der Waals surface area contributed by atoms with Gasteiger partial charge in [0, 0.05) is 5.41 Å². The number of aromatic hydroxyl groups is 1. The predicted octanol–water partition coefficient (Wildman–Crippen LogP) is 3.22. The van der Waals surface area contributed by atoms with Gasteiger partial charge in [-0.05, 0) is 68.2 Å². The van der Waals surface area contributed by atoms with Gasteiger partial charge in [-0.1, -0.05) is 31.2 Å². The molecule has 2 aromatic carbocycles. The molecule has 0 fully saturated rings. The van der Waals surface area contributed by atoms with E-state index in [4.69, 9.17) is 10.5 Å². The SMILES string of the molecule is CNCCC(C)(c1ccc(O)c(C)c1)c1ccc(OCN)c(C)c1. The number of hydrogen-bond donors (Lipinski definition) is 3. The molecule has 24 heavy (non-hydrogen) atoms. The van der Waals surface area contributed by atoms with Crippen molar-refractivity contribution in [1.82, 2.24) is 5.32 Å². The van der Waals surface area contributed by atoms with Crippen LogP contribution in [0.15, 0.2) is 36.4 Å². The highest BCUT2D eigenvalue weighted by molar-refractivity contribution is 5.47. The van der Waals surface area contributed by atoms with E-state index < -0.39 is 0 Å². The maximum Gasteiger partial charge on any atom is 0.137 e. The van der Waals surface area contributed by atoms with Gasteiger partial charge in [-0.15, -0.1) is 0 Å². The van der Waals surface area contributed by atoms with Gasteiger partial charge < -0.3 is 15.2 Å². The van der Waals surface area contributed by atoms with Crippen molar-refractivity contribution in [2.24, 2.45) is 5.73 Å². The Balaban J connectivity index is 2.50. The Bertz CT molecular complexity index is 700. The molecule has 1 atom stereocenters. The number of hydrogen-bond acceptors (Lipinski definition) is 4. The summed E-state index contributed by atoms with van der Waals surface area (Å²) in [6.45, 7) is 7.29. The molecule has 0 bridgehead atoms. The highest BCUT2D eigenvalue weighted by Crippen LogP contribution is 2.38. The van der Waals surface area contributed by atoms with Crippen LogP contribution in [0.4, 0.5) is 0 Å². The van der Waals surface area contributed by atoms with Gasteiger partial charge in [0.05, 0.1) is 0 Å². The third-order valence-electron chi connectivity index (χ3n) is 4.76. The molecule has 0 amide bonds. The van der Waals surface area contributed by atoms with Gasteiger partial charge in [0.15, 0.2) is 0 Å². The summed E-state index contributed by atoms with van der Waals surface area (Å²) in [6.07, 6.45) is 0.949. The van der Waals surface area contributed by atoms with Crippen molar-refractivity contribution in [2.45, 2.75) is 32.6 Å².